The Bertz CT molecular complexity index is 1130. The first-order valence-electron chi connectivity index (χ1n) is 8.71. The quantitative estimate of drug-likeness (QED) is 0.530. The molecule has 0 saturated carbocycles. The summed E-state index contributed by atoms with van der Waals surface area (Å²) in [6.07, 6.45) is 3.62. The zero-order chi connectivity index (χ0) is 19.5. The summed E-state index contributed by atoms with van der Waals surface area (Å²) < 4.78 is 15.9. The number of carbonyl (C=O) groups is 1. The molecule has 2 N–H and O–H groups in total. The van der Waals surface area contributed by atoms with Crippen LogP contribution in [0.15, 0.2) is 59.4 Å². The van der Waals surface area contributed by atoms with Gasteiger partial charge in [-0.15, -0.1) is 0 Å². The molecule has 0 aliphatic heterocycles. The van der Waals surface area contributed by atoms with Crippen LogP contribution >= 0.6 is 0 Å². The molecule has 0 spiro atoms. The number of ether oxygens (including phenoxy) is 2. The fourth-order valence-corrected chi connectivity index (χ4v) is 3.16. The molecule has 4 rings (SSSR count). The standard InChI is InChI=1S/C21H19N3O4/c1-26-18-8-7-13(9-19(18)27-2)16-12-23-28-21(16)24-20(25)10-14-11-22-17-6-4-3-5-15(14)17/h3-9,11-12,22H,10H2,1-2H3,(H,24,25). The fourth-order valence-electron chi connectivity index (χ4n) is 3.16. The summed E-state index contributed by atoms with van der Waals surface area (Å²) >= 11 is 0. The van der Waals surface area contributed by atoms with Gasteiger partial charge < -0.3 is 19.0 Å². The molecule has 2 heterocycles. The number of para-hydroxylation sites is 1. The summed E-state index contributed by atoms with van der Waals surface area (Å²) in [4.78, 5) is 15.7. The first-order valence-corrected chi connectivity index (χ1v) is 8.71. The molecular formula is C21H19N3O4. The minimum atomic E-state index is -0.191. The summed E-state index contributed by atoms with van der Waals surface area (Å²) in [5.41, 5.74) is 3.37. The Morgan fingerprint density at radius 3 is 2.79 bits per heavy atom. The van der Waals surface area contributed by atoms with Gasteiger partial charge in [0.05, 0.1) is 32.4 Å². The zero-order valence-corrected chi connectivity index (χ0v) is 15.5. The summed E-state index contributed by atoms with van der Waals surface area (Å²) in [5.74, 6) is 1.30. The van der Waals surface area contributed by atoms with Crippen LogP contribution in [0.25, 0.3) is 22.0 Å². The minimum Gasteiger partial charge on any atom is -0.493 e. The minimum absolute atomic E-state index is 0.191. The maximum atomic E-state index is 12.6. The zero-order valence-electron chi connectivity index (χ0n) is 15.5. The number of methoxy groups -OCH3 is 2. The lowest BCUT2D eigenvalue weighted by Gasteiger charge is -2.09. The average Bonchev–Trinajstić information content (AvgIpc) is 3.35. The number of benzene rings is 2. The van der Waals surface area contributed by atoms with Crippen LogP contribution in [-0.4, -0.2) is 30.3 Å². The number of carbonyl (C=O) groups excluding carboxylic acids is 1. The van der Waals surface area contributed by atoms with Gasteiger partial charge in [0.2, 0.25) is 11.8 Å². The molecule has 2 aromatic heterocycles. The van der Waals surface area contributed by atoms with E-state index < -0.39 is 0 Å². The van der Waals surface area contributed by atoms with Gasteiger partial charge in [-0.2, -0.15) is 0 Å². The van der Waals surface area contributed by atoms with Crippen LogP contribution in [0.5, 0.6) is 11.5 Å². The van der Waals surface area contributed by atoms with Crippen molar-refractivity contribution in [3.8, 4) is 22.6 Å². The summed E-state index contributed by atoms with van der Waals surface area (Å²) in [7, 11) is 3.15. The molecule has 1 amide bonds. The highest BCUT2D eigenvalue weighted by atomic mass is 16.5. The number of aromatic amines is 1. The fraction of sp³-hybridized carbons (Fsp3) is 0.143. The molecular weight excluding hydrogens is 358 g/mol. The molecule has 7 heteroatoms. The molecule has 0 aliphatic carbocycles. The van der Waals surface area contributed by atoms with Crippen LogP contribution < -0.4 is 14.8 Å². The van der Waals surface area contributed by atoms with Crippen LogP contribution in [0.4, 0.5) is 5.88 Å². The first-order chi connectivity index (χ1) is 13.7. The van der Waals surface area contributed by atoms with E-state index in [9.17, 15) is 4.79 Å². The summed E-state index contributed by atoms with van der Waals surface area (Å²) in [6, 6.07) is 13.3. The SMILES string of the molecule is COc1ccc(-c2cnoc2NC(=O)Cc2c[nH]c3ccccc23)cc1OC. The van der Waals surface area contributed by atoms with Crippen LogP contribution in [0.1, 0.15) is 5.56 Å². The molecule has 0 aliphatic rings. The maximum Gasteiger partial charge on any atom is 0.239 e. The second-order valence-corrected chi connectivity index (χ2v) is 6.22. The molecule has 0 radical (unpaired) electrons. The van der Waals surface area contributed by atoms with Crippen molar-refractivity contribution >= 4 is 22.7 Å². The number of aromatic nitrogens is 2. The van der Waals surface area contributed by atoms with Gasteiger partial charge in [-0.05, 0) is 29.3 Å². The monoisotopic (exact) mass is 377 g/mol. The highest BCUT2D eigenvalue weighted by Crippen LogP contribution is 2.35. The first kappa shape index (κ1) is 17.7. The van der Waals surface area contributed by atoms with Crippen molar-refractivity contribution in [1.82, 2.24) is 10.1 Å². The molecule has 142 valence electrons. The number of fused-ring (bicyclic) bond motifs is 1. The number of nitrogens with one attached hydrogen (secondary N) is 2. The Balaban J connectivity index is 1.55. The number of rotatable bonds is 6. The normalized spacial score (nSPS) is 10.8. The number of nitrogens with zero attached hydrogens (tertiary/aromatic N) is 1. The Morgan fingerprint density at radius 2 is 1.96 bits per heavy atom. The van der Waals surface area contributed by atoms with Gasteiger partial charge in [0.15, 0.2) is 11.5 Å². The van der Waals surface area contributed by atoms with E-state index in [4.69, 9.17) is 14.0 Å². The van der Waals surface area contributed by atoms with Gasteiger partial charge >= 0.3 is 0 Å². The van der Waals surface area contributed by atoms with Gasteiger partial charge in [0.1, 0.15) is 0 Å². The largest absolute Gasteiger partial charge is 0.493 e. The third kappa shape index (κ3) is 3.29. The number of amides is 1. The second kappa shape index (κ2) is 7.48. The van der Waals surface area contributed by atoms with Crippen LogP contribution in [0.2, 0.25) is 0 Å². The van der Waals surface area contributed by atoms with Gasteiger partial charge in [0.25, 0.3) is 0 Å². The third-order valence-electron chi connectivity index (χ3n) is 4.54. The van der Waals surface area contributed by atoms with Crippen molar-refractivity contribution in [1.29, 1.82) is 0 Å². The Labute approximate surface area is 161 Å². The molecule has 28 heavy (non-hydrogen) atoms. The lowest BCUT2D eigenvalue weighted by atomic mass is 10.1. The Kier molecular flexibility index (Phi) is 4.72. The molecule has 7 nitrogen and oxygen atoms in total. The number of hydrogen-bond donors (Lipinski definition) is 2. The average molecular weight is 377 g/mol. The third-order valence-corrected chi connectivity index (χ3v) is 4.54. The van der Waals surface area contributed by atoms with Crippen molar-refractivity contribution in [2.45, 2.75) is 6.42 Å². The second-order valence-electron chi connectivity index (χ2n) is 6.22. The van der Waals surface area contributed by atoms with Crippen molar-refractivity contribution in [2.75, 3.05) is 19.5 Å². The van der Waals surface area contributed by atoms with Gasteiger partial charge in [-0.25, -0.2) is 0 Å². The van der Waals surface area contributed by atoms with Crippen molar-refractivity contribution in [2.24, 2.45) is 0 Å². The summed E-state index contributed by atoms with van der Waals surface area (Å²) in [5, 5.41) is 7.66. The predicted molar refractivity (Wildman–Crippen MR) is 106 cm³/mol. The van der Waals surface area contributed by atoms with Crippen molar-refractivity contribution < 1.29 is 18.8 Å². The van der Waals surface area contributed by atoms with Crippen molar-refractivity contribution in [3.05, 3.63) is 60.4 Å². The van der Waals surface area contributed by atoms with Crippen LogP contribution in [0, 0.1) is 0 Å². The van der Waals surface area contributed by atoms with E-state index in [-0.39, 0.29) is 18.2 Å². The molecule has 0 saturated heterocycles. The Morgan fingerprint density at radius 1 is 1.14 bits per heavy atom. The lowest BCUT2D eigenvalue weighted by Crippen LogP contribution is -2.14. The van der Waals surface area contributed by atoms with E-state index in [1.165, 1.54) is 0 Å². The number of hydrogen-bond acceptors (Lipinski definition) is 5. The highest BCUT2D eigenvalue weighted by molar-refractivity contribution is 5.97. The molecule has 0 unspecified atom stereocenters. The van der Waals surface area contributed by atoms with E-state index in [1.54, 1.807) is 32.5 Å². The van der Waals surface area contributed by atoms with E-state index in [2.05, 4.69) is 15.5 Å². The lowest BCUT2D eigenvalue weighted by molar-refractivity contribution is -0.115. The van der Waals surface area contributed by atoms with Gasteiger partial charge in [-0.1, -0.05) is 29.4 Å². The van der Waals surface area contributed by atoms with Crippen LogP contribution in [0.3, 0.4) is 0 Å². The molecule has 0 fully saturated rings. The topological polar surface area (TPSA) is 89.4 Å². The van der Waals surface area contributed by atoms with E-state index >= 15 is 0 Å². The molecule has 4 aromatic rings. The maximum absolute atomic E-state index is 12.6. The van der Waals surface area contributed by atoms with Crippen molar-refractivity contribution in [3.63, 3.8) is 0 Å². The predicted octanol–water partition coefficient (Wildman–Crippen LogP) is 4.02. The van der Waals surface area contributed by atoms with Gasteiger partial charge in [-0.3, -0.25) is 10.1 Å². The van der Waals surface area contributed by atoms with E-state index in [0.29, 0.717) is 17.1 Å². The highest BCUT2D eigenvalue weighted by Gasteiger charge is 2.17. The number of H-pyrrole nitrogens is 1. The molecule has 0 bridgehead atoms. The van der Waals surface area contributed by atoms with E-state index in [1.807, 2.05) is 36.5 Å². The molecule has 0 atom stereocenters. The Hall–Kier alpha value is -3.74. The van der Waals surface area contributed by atoms with Crippen LogP contribution in [-0.2, 0) is 11.2 Å². The smallest absolute Gasteiger partial charge is 0.239 e. The summed E-state index contributed by atoms with van der Waals surface area (Å²) in [6.45, 7) is 0. The number of anilines is 1. The molecule has 2 aromatic carbocycles. The van der Waals surface area contributed by atoms with Gasteiger partial charge in [0, 0.05) is 17.1 Å². The van der Waals surface area contributed by atoms with E-state index in [0.717, 1.165) is 22.0 Å².